The van der Waals surface area contributed by atoms with Gasteiger partial charge < -0.3 is 14.2 Å². The Morgan fingerprint density at radius 1 is 1.25 bits per heavy atom. The average Bonchev–Trinajstić information content (AvgIpc) is 2.93. The van der Waals surface area contributed by atoms with Crippen LogP contribution in [0.25, 0.3) is 0 Å². The molecule has 0 aromatic carbocycles. The Labute approximate surface area is 164 Å². The number of carbonyl (C=O) groups is 4. The summed E-state index contributed by atoms with van der Waals surface area (Å²) in [5.74, 6) is -3.37. The number of rotatable bonds is 3. The van der Waals surface area contributed by atoms with Gasteiger partial charge in [0.05, 0.1) is 11.8 Å². The molecule has 1 saturated heterocycles. The van der Waals surface area contributed by atoms with Crippen molar-refractivity contribution in [2.45, 2.75) is 65.8 Å². The number of hydrogen-bond donors (Lipinski definition) is 0. The molecule has 0 aromatic rings. The maximum Gasteiger partial charge on any atom is 0.351 e. The third kappa shape index (κ3) is 3.06. The van der Waals surface area contributed by atoms with Gasteiger partial charge in [0, 0.05) is 24.8 Å². The lowest BCUT2D eigenvalue weighted by Gasteiger charge is -2.34. The molecule has 3 aliphatic rings. The summed E-state index contributed by atoms with van der Waals surface area (Å²) < 4.78 is 16.9. The lowest BCUT2D eigenvalue weighted by atomic mass is 9.77. The van der Waals surface area contributed by atoms with Crippen LogP contribution in [0.4, 0.5) is 0 Å². The Bertz CT molecular complexity index is 819. The summed E-state index contributed by atoms with van der Waals surface area (Å²) in [6.07, 6.45) is 0.314. The van der Waals surface area contributed by atoms with E-state index in [1.165, 1.54) is 13.8 Å². The fourth-order valence-electron chi connectivity index (χ4n) is 4.61. The van der Waals surface area contributed by atoms with Crippen molar-refractivity contribution in [3.8, 4) is 0 Å². The molecule has 2 aliphatic carbocycles. The SMILES string of the molecule is CC(=O)OC1(C)C(=O)OC2C3C(C)=CC(=O)C3=C(C)CC(OC(=O)C(C)C)C21. The number of hydrogen-bond acceptors (Lipinski definition) is 7. The minimum absolute atomic E-state index is 0.119. The molecule has 0 radical (unpaired) electrons. The molecule has 0 saturated carbocycles. The van der Waals surface area contributed by atoms with Crippen LogP contribution in [-0.2, 0) is 33.4 Å². The summed E-state index contributed by atoms with van der Waals surface area (Å²) in [6, 6.07) is 0. The lowest BCUT2D eigenvalue weighted by molar-refractivity contribution is -0.178. The molecule has 3 rings (SSSR count). The molecule has 28 heavy (non-hydrogen) atoms. The molecular formula is C21H26O7. The predicted octanol–water partition coefficient (Wildman–Crippen LogP) is 2.28. The van der Waals surface area contributed by atoms with Crippen LogP contribution in [0, 0.1) is 17.8 Å². The fourth-order valence-corrected chi connectivity index (χ4v) is 4.61. The van der Waals surface area contributed by atoms with Crippen molar-refractivity contribution >= 4 is 23.7 Å². The van der Waals surface area contributed by atoms with E-state index in [-0.39, 0.29) is 18.1 Å². The molecule has 7 heteroatoms. The van der Waals surface area contributed by atoms with Crippen molar-refractivity contribution in [3.63, 3.8) is 0 Å². The largest absolute Gasteiger partial charge is 0.461 e. The second-order valence-corrected chi connectivity index (χ2v) is 8.35. The number of fused-ring (bicyclic) bond motifs is 3. The second kappa shape index (κ2) is 6.87. The number of ketones is 1. The van der Waals surface area contributed by atoms with E-state index < -0.39 is 47.6 Å². The lowest BCUT2D eigenvalue weighted by Crippen LogP contribution is -2.50. The highest BCUT2D eigenvalue weighted by Crippen LogP contribution is 2.51. The maximum atomic E-state index is 12.8. The van der Waals surface area contributed by atoms with Gasteiger partial charge >= 0.3 is 17.9 Å². The monoisotopic (exact) mass is 390 g/mol. The van der Waals surface area contributed by atoms with Crippen LogP contribution in [-0.4, -0.2) is 41.5 Å². The van der Waals surface area contributed by atoms with E-state index in [9.17, 15) is 19.2 Å². The third-order valence-electron chi connectivity index (χ3n) is 5.86. The molecule has 0 N–H and O–H groups in total. The van der Waals surface area contributed by atoms with Gasteiger partial charge in [0.1, 0.15) is 12.2 Å². The van der Waals surface area contributed by atoms with E-state index >= 15 is 0 Å². The first-order valence-corrected chi connectivity index (χ1v) is 9.50. The fraction of sp³-hybridized carbons (Fsp3) is 0.619. The Kier molecular flexibility index (Phi) is 4.98. The molecule has 7 nitrogen and oxygen atoms in total. The molecule has 1 heterocycles. The summed E-state index contributed by atoms with van der Waals surface area (Å²) >= 11 is 0. The smallest absolute Gasteiger partial charge is 0.351 e. The highest BCUT2D eigenvalue weighted by molar-refractivity contribution is 6.09. The molecule has 0 aromatic heterocycles. The zero-order valence-electron chi connectivity index (χ0n) is 17.0. The van der Waals surface area contributed by atoms with Crippen LogP contribution in [0.3, 0.4) is 0 Å². The van der Waals surface area contributed by atoms with E-state index in [0.29, 0.717) is 5.57 Å². The summed E-state index contributed by atoms with van der Waals surface area (Å²) in [6.45, 7) is 9.79. The minimum Gasteiger partial charge on any atom is -0.461 e. The number of allylic oxidation sites excluding steroid dienone is 1. The van der Waals surface area contributed by atoms with E-state index in [1.807, 2.05) is 13.8 Å². The Balaban J connectivity index is 2.12. The number of esters is 3. The molecule has 0 amide bonds. The van der Waals surface area contributed by atoms with Crippen LogP contribution in [0.15, 0.2) is 22.8 Å². The van der Waals surface area contributed by atoms with E-state index in [2.05, 4.69) is 0 Å². The molecule has 1 aliphatic heterocycles. The van der Waals surface area contributed by atoms with Crippen molar-refractivity contribution < 1.29 is 33.4 Å². The van der Waals surface area contributed by atoms with Gasteiger partial charge in [-0.1, -0.05) is 25.0 Å². The van der Waals surface area contributed by atoms with Crippen LogP contribution in [0.1, 0.15) is 48.0 Å². The summed E-state index contributed by atoms with van der Waals surface area (Å²) in [7, 11) is 0. The van der Waals surface area contributed by atoms with Crippen LogP contribution in [0.2, 0.25) is 0 Å². The maximum absolute atomic E-state index is 12.8. The van der Waals surface area contributed by atoms with Gasteiger partial charge in [-0.3, -0.25) is 14.4 Å². The van der Waals surface area contributed by atoms with E-state index in [0.717, 1.165) is 11.1 Å². The zero-order valence-corrected chi connectivity index (χ0v) is 17.0. The van der Waals surface area contributed by atoms with Crippen molar-refractivity contribution in [1.29, 1.82) is 0 Å². The van der Waals surface area contributed by atoms with Crippen molar-refractivity contribution in [2.24, 2.45) is 17.8 Å². The van der Waals surface area contributed by atoms with Gasteiger partial charge in [-0.05, 0) is 26.8 Å². The molecule has 152 valence electrons. The topological polar surface area (TPSA) is 96.0 Å². The highest BCUT2D eigenvalue weighted by Gasteiger charge is 2.65. The van der Waals surface area contributed by atoms with Crippen LogP contribution >= 0.6 is 0 Å². The van der Waals surface area contributed by atoms with Gasteiger partial charge in [-0.2, -0.15) is 0 Å². The Morgan fingerprint density at radius 3 is 2.46 bits per heavy atom. The average molecular weight is 390 g/mol. The first-order chi connectivity index (χ1) is 13.0. The minimum atomic E-state index is -1.60. The summed E-state index contributed by atoms with van der Waals surface area (Å²) in [5, 5.41) is 0. The van der Waals surface area contributed by atoms with Crippen LogP contribution < -0.4 is 0 Å². The van der Waals surface area contributed by atoms with Gasteiger partial charge in [0.25, 0.3) is 0 Å². The van der Waals surface area contributed by atoms with Crippen molar-refractivity contribution in [3.05, 3.63) is 22.8 Å². The highest BCUT2D eigenvalue weighted by atomic mass is 16.6. The normalized spacial score (nSPS) is 34.5. The molecule has 5 unspecified atom stereocenters. The molecule has 0 spiro atoms. The van der Waals surface area contributed by atoms with Gasteiger partial charge in [0.2, 0.25) is 5.60 Å². The van der Waals surface area contributed by atoms with E-state index in [4.69, 9.17) is 14.2 Å². The number of carbonyl (C=O) groups excluding carboxylic acids is 4. The Hall–Kier alpha value is -2.44. The summed E-state index contributed by atoms with van der Waals surface area (Å²) in [4.78, 5) is 49.4. The predicted molar refractivity (Wildman–Crippen MR) is 97.8 cm³/mol. The summed E-state index contributed by atoms with van der Waals surface area (Å²) in [5.41, 5.74) is 0.556. The van der Waals surface area contributed by atoms with Gasteiger partial charge in [-0.15, -0.1) is 0 Å². The van der Waals surface area contributed by atoms with Gasteiger partial charge in [0.15, 0.2) is 5.78 Å². The standard InChI is InChI=1S/C21H26O7/c1-9(2)19(24)26-14-8-11(4)15-13(23)7-10(3)16(15)18-17(14)21(6,20(25)27-18)28-12(5)22/h7,9,14,16-18H,8H2,1-6H3. The zero-order chi connectivity index (χ0) is 21.0. The third-order valence-corrected chi connectivity index (χ3v) is 5.86. The molecular weight excluding hydrogens is 364 g/mol. The van der Waals surface area contributed by atoms with Crippen molar-refractivity contribution in [2.75, 3.05) is 0 Å². The molecule has 5 atom stereocenters. The van der Waals surface area contributed by atoms with E-state index in [1.54, 1.807) is 19.9 Å². The first-order valence-electron chi connectivity index (χ1n) is 9.50. The van der Waals surface area contributed by atoms with Crippen LogP contribution in [0.5, 0.6) is 0 Å². The first kappa shape index (κ1) is 20.3. The Morgan fingerprint density at radius 2 is 1.89 bits per heavy atom. The van der Waals surface area contributed by atoms with Crippen molar-refractivity contribution in [1.82, 2.24) is 0 Å². The second-order valence-electron chi connectivity index (χ2n) is 8.35. The number of ether oxygens (including phenoxy) is 3. The quantitative estimate of drug-likeness (QED) is 0.539. The van der Waals surface area contributed by atoms with Gasteiger partial charge in [-0.25, -0.2) is 4.79 Å². The molecule has 1 fully saturated rings. The molecule has 0 bridgehead atoms.